The summed E-state index contributed by atoms with van der Waals surface area (Å²) in [5.41, 5.74) is 1.43. The summed E-state index contributed by atoms with van der Waals surface area (Å²) in [6.07, 6.45) is 3.13. The van der Waals surface area contributed by atoms with Gasteiger partial charge in [-0.15, -0.1) is 0 Å². The Labute approximate surface area is 58.1 Å². The Morgan fingerprint density at radius 1 is 1.89 bits per heavy atom. The lowest BCUT2D eigenvalue weighted by Crippen LogP contribution is -2.08. The van der Waals surface area contributed by atoms with Crippen LogP contribution in [0, 0.1) is 0 Å². The van der Waals surface area contributed by atoms with Crippen molar-refractivity contribution in [2.75, 3.05) is 0 Å². The van der Waals surface area contributed by atoms with Crippen LogP contribution < -0.4 is 5.32 Å². The molecule has 0 aliphatic heterocycles. The van der Waals surface area contributed by atoms with E-state index in [4.69, 9.17) is 4.42 Å². The fourth-order valence-electron chi connectivity index (χ4n) is 0.469. The minimum absolute atomic E-state index is 0.566. The summed E-state index contributed by atoms with van der Waals surface area (Å²) in [6.45, 7) is 0.566. The molecule has 0 spiro atoms. The molecular formula is C5H6N2OS. The molecule has 48 valence electrons. The fraction of sp³-hybridized carbons (Fsp3) is 0.200. The van der Waals surface area contributed by atoms with Crippen LogP contribution in [-0.4, -0.2) is 10.5 Å². The minimum atomic E-state index is 0.566. The highest BCUT2D eigenvalue weighted by Gasteiger charge is 1.91. The van der Waals surface area contributed by atoms with E-state index in [-0.39, 0.29) is 0 Å². The maximum Gasteiger partial charge on any atom is 0.213 e. The lowest BCUT2D eigenvalue weighted by molar-refractivity contribution is 0.489. The third kappa shape index (κ3) is 1.81. The van der Waals surface area contributed by atoms with Gasteiger partial charge in [-0.1, -0.05) is 12.2 Å². The van der Waals surface area contributed by atoms with Gasteiger partial charge in [-0.25, -0.2) is 4.98 Å². The van der Waals surface area contributed by atoms with Gasteiger partial charge in [0.15, 0.2) is 0 Å². The molecule has 3 nitrogen and oxygen atoms in total. The SMILES string of the molecule is S=CNCc1ncco1. The quantitative estimate of drug-likeness (QED) is 0.631. The highest BCUT2D eigenvalue weighted by Crippen LogP contribution is 1.90. The van der Waals surface area contributed by atoms with Crippen molar-refractivity contribution in [3.8, 4) is 0 Å². The Kier molecular flexibility index (Phi) is 2.21. The second-order valence-electron chi connectivity index (χ2n) is 1.42. The van der Waals surface area contributed by atoms with E-state index in [2.05, 4.69) is 22.5 Å². The van der Waals surface area contributed by atoms with Gasteiger partial charge in [-0.2, -0.15) is 0 Å². The van der Waals surface area contributed by atoms with Crippen molar-refractivity contribution in [1.29, 1.82) is 0 Å². The van der Waals surface area contributed by atoms with Crippen LogP contribution in [0.1, 0.15) is 5.89 Å². The van der Waals surface area contributed by atoms with Crippen LogP contribution in [0.5, 0.6) is 0 Å². The first kappa shape index (κ1) is 6.22. The summed E-state index contributed by atoms with van der Waals surface area (Å²) in [7, 11) is 0. The third-order valence-corrected chi connectivity index (χ3v) is 0.987. The summed E-state index contributed by atoms with van der Waals surface area (Å²) < 4.78 is 4.90. The highest BCUT2D eigenvalue weighted by atomic mass is 32.1. The Morgan fingerprint density at radius 3 is 3.33 bits per heavy atom. The van der Waals surface area contributed by atoms with Crippen LogP contribution in [0.2, 0.25) is 0 Å². The zero-order valence-electron chi connectivity index (χ0n) is 4.70. The van der Waals surface area contributed by atoms with Crippen molar-refractivity contribution >= 4 is 17.7 Å². The van der Waals surface area contributed by atoms with Gasteiger partial charge in [0.2, 0.25) is 5.89 Å². The lowest BCUT2D eigenvalue weighted by Gasteiger charge is -1.90. The van der Waals surface area contributed by atoms with E-state index in [1.54, 1.807) is 6.20 Å². The van der Waals surface area contributed by atoms with Crippen molar-refractivity contribution in [3.05, 3.63) is 18.4 Å². The van der Waals surface area contributed by atoms with Crippen LogP contribution in [0.15, 0.2) is 16.9 Å². The molecule has 1 heterocycles. The number of hydrogen-bond acceptors (Lipinski definition) is 3. The highest BCUT2D eigenvalue weighted by molar-refractivity contribution is 7.78. The third-order valence-electron chi connectivity index (χ3n) is 0.820. The van der Waals surface area contributed by atoms with Gasteiger partial charge in [0.25, 0.3) is 0 Å². The smallest absolute Gasteiger partial charge is 0.213 e. The maximum atomic E-state index is 4.90. The number of oxazole rings is 1. The molecule has 0 aliphatic rings. The summed E-state index contributed by atoms with van der Waals surface area (Å²) in [6, 6.07) is 0. The van der Waals surface area contributed by atoms with E-state index in [0.717, 1.165) is 0 Å². The van der Waals surface area contributed by atoms with Gasteiger partial charge in [-0.3, -0.25) is 0 Å². The molecule has 1 rings (SSSR count). The monoisotopic (exact) mass is 142 g/mol. The zero-order chi connectivity index (χ0) is 6.53. The van der Waals surface area contributed by atoms with Crippen molar-refractivity contribution in [3.63, 3.8) is 0 Å². The Balaban J connectivity index is 2.38. The van der Waals surface area contributed by atoms with E-state index in [1.807, 2.05) is 0 Å². The maximum absolute atomic E-state index is 4.90. The zero-order valence-corrected chi connectivity index (χ0v) is 5.52. The molecule has 0 amide bonds. The lowest BCUT2D eigenvalue weighted by atomic mass is 10.6. The molecule has 0 aliphatic carbocycles. The Morgan fingerprint density at radius 2 is 2.78 bits per heavy atom. The van der Waals surface area contributed by atoms with Crippen LogP contribution >= 0.6 is 12.2 Å². The molecule has 0 saturated heterocycles. The number of rotatable bonds is 3. The number of nitrogens with zero attached hydrogens (tertiary/aromatic N) is 1. The Hall–Kier alpha value is -0.900. The van der Waals surface area contributed by atoms with E-state index < -0.39 is 0 Å². The van der Waals surface area contributed by atoms with Gasteiger partial charge >= 0.3 is 0 Å². The van der Waals surface area contributed by atoms with E-state index in [0.29, 0.717) is 12.4 Å². The van der Waals surface area contributed by atoms with Crippen molar-refractivity contribution < 1.29 is 4.42 Å². The Bertz CT molecular complexity index is 173. The number of aromatic nitrogens is 1. The number of hydrogen-bond donors (Lipinski definition) is 1. The molecule has 0 radical (unpaired) electrons. The molecule has 0 atom stereocenters. The average Bonchev–Trinajstić information content (AvgIpc) is 2.34. The molecule has 1 aromatic rings. The second-order valence-corrected chi connectivity index (χ2v) is 1.66. The topological polar surface area (TPSA) is 38.1 Å². The molecule has 1 aromatic heterocycles. The predicted molar refractivity (Wildman–Crippen MR) is 37.0 cm³/mol. The first-order valence-corrected chi connectivity index (χ1v) is 2.96. The molecular weight excluding hydrogens is 136 g/mol. The van der Waals surface area contributed by atoms with Crippen molar-refractivity contribution in [2.24, 2.45) is 0 Å². The molecule has 0 fully saturated rings. The van der Waals surface area contributed by atoms with Gasteiger partial charge in [0.05, 0.1) is 18.2 Å². The average molecular weight is 142 g/mol. The number of nitrogens with one attached hydrogen (secondary N) is 1. The first-order valence-electron chi connectivity index (χ1n) is 2.49. The van der Waals surface area contributed by atoms with E-state index >= 15 is 0 Å². The molecule has 0 unspecified atom stereocenters. The predicted octanol–water partition coefficient (Wildman–Crippen LogP) is 0.721. The van der Waals surface area contributed by atoms with Crippen LogP contribution in [-0.2, 0) is 6.54 Å². The van der Waals surface area contributed by atoms with Gasteiger partial charge < -0.3 is 9.73 Å². The largest absolute Gasteiger partial charge is 0.447 e. The second kappa shape index (κ2) is 3.19. The summed E-state index contributed by atoms with van der Waals surface area (Å²) in [5, 5.41) is 2.78. The molecule has 9 heavy (non-hydrogen) atoms. The summed E-state index contributed by atoms with van der Waals surface area (Å²) >= 11 is 4.52. The number of thiocarbonyl (C=S) groups is 1. The van der Waals surface area contributed by atoms with Crippen LogP contribution in [0.4, 0.5) is 0 Å². The van der Waals surface area contributed by atoms with Crippen LogP contribution in [0.3, 0.4) is 0 Å². The molecule has 0 bridgehead atoms. The molecule has 0 saturated carbocycles. The van der Waals surface area contributed by atoms with Crippen molar-refractivity contribution in [1.82, 2.24) is 10.3 Å². The molecule has 4 heteroatoms. The van der Waals surface area contributed by atoms with Gasteiger partial charge in [0.1, 0.15) is 6.26 Å². The van der Waals surface area contributed by atoms with Gasteiger partial charge in [0, 0.05) is 0 Å². The van der Waals surface area contributed by atoms with Crippen molar-refractivity contribution in [2.45, 2.75) is 6.54 Å². The van der Waals surface area contributed by atoms with Gasteiger partial charge in [-0.05, 0) is 0 Å². The molecule has 1 N–H and O–H groups in total. The fourth-order valence-corrected chi connectivity index (χ4v) is 0.553. The molecule has 0 aromatic carbocycles. The van der Waals surface area contributed by atoms with Crippen LogP contribution in [0.25, 0.3) is 0 Å². The first-order chi connectivity index (χ1) is 4.43. The standard InChI is InChI=1S/C5H6N2OS/c9-4-6-3-5-7-1-2-8-5/h1-2,4H,3H2,(H,6,9). The van der Waals surface area contributed by atoms with E-state index in [9.17, 15) is 0 Å². The summed E-state index contributed by atoms with van der Waals surface area (Å²) in [4.78, 5) is 3.86. The normalized spacial score (nSPS) is 8.89. The van der Waals surface area contributed by atoms with E-state index in [1.165, 1.54) is 11.8 Å². The minimum Gasteiger partial charge on any atom is -0.447 e. The summed E-state index contributed by atoms with van der Waals surface area (Å²) in [5.74, 6) is 0.649.